The van der Waals surface area contributed by atoms with Crippen molar-refractivity contribution in [3.05, 3.63) is 59.4 Å². The van der Waals surface area contributed by atoms with Crippen LogP contribution in [0, 0.1) is 5.82 Å². The SMILES string of the molecule is COc1cccc(N(C)Cc2ccc(F)cc2)c1C(C)=O. The van der Waals surface area contributed by atoms with Crippen LogP contribution < -0.4 is 9.64 Å². The van der Waals surface area contributed by atoms with Gasteiger partial charge in [0.1, 0.15) is 11.6 Å². The Morgan fingerprint density at radius 3 is 2.43 bits per heavy atom. The molecule has 0 aliphatic carbocycles. The number of hydrogen-bond acceptors (Lipinski definition) is 3. The minimum absolute atomic E-state index is 0.0478. The van der Waals surface area contributed by atoms with Gasteiger partial charge in [0.25, 0.3) is 0 Å². The van der Waals surface area contributed by atoms with Gasteiger partial charge in [-0.05, 0) is 36.8 Å². The van der Waals surface area contributed by atoms with E-state index in [-0.39, 0.29) is 11.6 Å². The minimum Gasteiger partial charge on any atom is -0.496 e. The molecule has 0 saturated carbocycles. The number of halogens is 1. The number of carbonyl (C=O) groups is 1. The number of carbonyl (C=O) groups excluding carboxylic acids is 1. The monoisotopic (exact) mass is 287 g/mol. The van der Waals surface area contributed by atoms with E-state index in [1.807, 2.05) is 24.1 Å². The maximum absolute atomic E-state index is 12.9. The van der Waals surface area contributed by atoms with Crippen LogP contribution >= 0.6 is 0 Å². The lowest BCUT2D eigenvalue weighted by molar-refractivity contribution is 0.101. The zero-order chi connectivity index (χ0) is 15.4. The third-order valence-corrected chi connectivity index (χ3v) is 3.32. The van der Waals surface area contributed by atoms with Gasteiger partial charge in [0.05, 0.1) is 18.4 Å². The van der Waals surface area contributed by atoms with Crippen molar-refractivity contribution in [3.8, 4) is 5.75 Å². The molecule has 0 aromatic heterocycles. The summed E-state index contributed by atoms with van der Waals surface area (Å²) < 4.78 is 18.2. The number of methoxy groups -OCH3 is 1. The zero-order valence-electron chi connectivity index (χ0n) is 12.4. The number of hydrogen-bond donors (Lipinski definition) is 0. The summed E-state index contributed by atoms with van der Waals surface area (Å²) in [7, 11) is 3.44. The molecule has 0 aliphatic heterocycles. The molecule has 0 atom stereocenters. The first-order valence-corrected chi connectivity index (χ1v) is 6.66. The Balaban J connectivity index is 2.32. The second-order valence-electron chi connectivity index (χ2n) is 4.89. The summed E-state index contributed by atoms with van der Waals surface area (Å²) >= 11 is 0. The topological polar surface area (TPSA) is 29.5 Å². The van der Waals surface area contributed by atoms with E-state index in [9.17, 15) is 9.18 Å². The lowest BCUT2D eigenvalue weighted by atomic mass is 10.1. The van der Waals surface area contributed by atoms with Crippen LogP contribution in [0.25, 0.3) is 0 Å². The lowest BCUT2D eigenvalue weighted by Crippen LogP contribution is -2.19. The maximum atomic E-state index is 12.9. The Hall–Kier alpha value is -2.36. The maximum Gasteiger partial charge on any atom is 0.165 e. The average molecular weight is 287 g/mol. The van der Waals surface area contributed by atoms with Crippen LogP contribution in [0.1, 0.15) is 22.8 Å². The molecule has 0 heterocycles. The summed E-state index contributed by atoms with van der Waals surface area (Å²) in [5.74, 6) is 0.256. The number of nitrogens with zero attached hydrogens (tertiary/aromatic N) is 1. The Bertz CT molecular complexity index is 638. The Morgan fingerprint density at radius 1 is 1.19 bits per heavy atom. The third-order valence-electron chi connectivity index (χ3n) is 3.32. The van der Waals surface area contributed by atoms with Crippen molar-refractivity contribution in [1.82, 2.24) is 0 Å². The van der Waals surface area contributed by atoms with Gasteiger partial charge < -0.3 is 9.64 Å². The van der Waals surface area contributed by atoms with E-state index < -0.39 is 0 Å². The predicted octanol–water partition coefficient (Wildman–Crippen LogP) is 3.67. The van der Waals surface area contributed by atoms with Crippen molar-refractivity contribution in [2.24, 2.45) is 0 Å². The minimum atomic E-state index is -0.257. The van der Waals surface area contributed by atoms with E-state index >= 15 is 0 Å². The van der Waals surface area contributed by atoms with E-state index in [0.29, 0.717) is 17.9 Å². The molecule has 3 nitrogen and oxygen atoms in total. The van der Waals surface area contributed by atoms with E-state index in [1.165, 1.54) is 19.1 Å². The molecule has 0 radical (unpaired) electrons. The second kappa shape index (κ2) is 6.39. The van der Waals surface area contributed by atoms with Gasteiger partial charge in [-0.25, -0.2) is 4.39 Å². The van der Waals surface area contributed by atoms with Gasteiger partial charge >= 0.3 is 0 Å². The largest absolute Gasteiger partial charge is 0.496 e. The Kier molecular flexibility index (Phi) is 4.58. The molecule has 110 valence electrons. The number of ketones is 1. The fraction of sp³-hybridized carbons (Fsp3) is 0.235. The molecule has 0 unspecified atom stereocenters. The highest BCUT2D eigenvalue weighted by Gasteiger charge is 2.16. The van der Waals surface area contributed by atoms with Gasteiger partial charge in [-0.2, -0.15) is 0 Å². The van der Waals surface area contributed by atoms with Crippen LogP contribution in [0.2, 0.25) is 0 Å². The molecule has 2 aromatic rings. The fourth-order valence-corrected chi connectivity index (χ4v) is 2.31. The molecule has 0 N–H and O–H groups in total. The average Bonchev–Trinajstić information content (AvgIpc) is 2.48. The summed E-state index contributed by atoms with van der Waals surface area (Å²) in [6, 6.07) is 11.8. The van der Waals surface area contributed by atoms with Gasteiger partial charge in [-0.1, -0.05) is 18.2 Å². The van der Waals surface area contributed by atoms with E-state index in [2.05, 4.69) is 0 Å². The standard InChI is InChI=1S/C17H18FNO2/c1-12(20)17-15(5-4-6-16(17)21-3)19(2)11-13-7-9-14(18)10-8-13/h4-10H,11H2,1-3H3. The van der Waals surface area contributed by atoms with Crippen LogP contribution in [0.5, 0.6) is 5.75 Å². The quantitative estimate of drug-likeness (QED) is 0.786. The molecular formula is C17H18FNO2. The fourth-order valence-electron chi connectivity index (χ4n) is 2.31. The Morgan fingerprint density at radius 2 is 1.86 bits per heavy atom. The van der Waals surface area contributed by atoms with Gasteiger partial charge in [0.2, 0.25) is 0 Å². The molecular weight excluding hydrogens is 269 g/mol. The number of ether oxygens (including phenoxy) is 1. The normalized spacial score (nSPS) is 10.3. The van der Waals surface area contributed by atoms with Crippen molar-refractivity contribution in [1.29, 1.82) is 0 Å². The van der Waals surface area contributed by atoms with E-state index in [0.717, 1.165) is 11.3 Å². The van der Waals surface area contributed by atoms with Crippen LogP contribution in [0.4, 0.5) is 10.1 Å². The third kappa shape index (κ3) is 3.40. The number of anilines is 1. The molecule has 0 aliphatic rings. The van der Waals surface area contributed by atoms with Crippen molar-refractivity contribution in [3.63, 3.8) is 0 Å². The van der Waals surface area contributed by atoms with Crippen LogP contribution in [-0.2, 0) is 6.54 Å². The Labute approximate surface area is 124 Å². The molecule has 0 bridgehead atoms. The molecule has 0 amide bonds. The van der Waals surface area contributed by atoms with Crippen molar-refractivity contribution in [2.45, 2.75) is 13.5 Å². The predicted molar refractivity (Wildman–Crippen MR) is 81.5 cm³/mol. The van der Waals surface area contributed by atoms with Gasteiger partial charge in [0.15, 0.2) is 5.78 Å². The zero-order valence-corrected chi connectivity index (χ0v) is 12.4. The number of benzene rings is 2. The second-order valence-corrected chi connectivity index (χ2v) is 4.89. The van der Waals surface area contributed by atoms with Gasteiger partial charge in [-0.15, -0.1) is 0 Å². The molecule has 2 aromatic carbocycles. The molecule has 0 spiro atoms. The highest BCUT2D eigenvalue weighted by molar-refractivity contribution is 6.02. The summed E-state index contributed by atoms with van der Waals surface area (Å²) in [6.07, 6.45) is 0. The molecule has 4 heteroatoms. The molecule has 0 saturated heterocycles. The molecule has 21 heavy (non-hydrogen) atoms. The highest BCUT2D eigenvalue weighted by atomic mass is 19.1. The number of Topliss-reactive ketones (excluding diaryl/α,β-unsaturated/α-hetero) is 1. The first-order chi connectivity index (χ1) is 10.0. The number of rotatable bonds is 5. The van der Waals surface area contributed by atoms with Crippen molar-refractivity contribution >= 4 is 11.5 Å². The van der Waals surface area contributed by atoms with Crippen LogP contribution in [0.3, 0.4) is 0 Å². The van der Waals surface area contributed by atoms with Crippen LogP contribution in [0.15, 0.2) is 42.5 Å². The lowest BCUT2D eigenvalue weighted by Gasteiger charge is -2.23. The van der Waals surface area contributed by atoms with Crippen LogP contribution in [-0.4, -0.2) is 19.9 Å². The van der Waals surface area contributed by atoms with Gasteiger partial charge in [-0.3, -0.25) is 4.79 Å². The summed E-state index contributed by atoms with van der Waals surface area (Å²) in [6.45, 7) is 2.10. The van der Waals surface area contributed by atoms with Crippen molar-refractivity contribution in [2.75, 3.05) is 19.1 Å². The molecule has 0 fully saturated rings. The highest BCUT2D eigenvalue weighted by Crippen LogP contribution is 2.30. The summed E-state index contributed by atoms with van der Waals surface area (Å²) in [5.41, 5.74) is 2.33. The molecule has 2 rings (SSSR count). The van der Waals surface area contributed by atoms with E-state index in [1.54, 1.807) is 25.3 Å². The first-order valence-electron chi connectivity index (χ1n) is 6.66. The van der Waals surface area contributed by atoms with Crippen molar-refractivity contribution < 1.29 is 13.9 Å². The first kappa shape index (κ1) is 15.0. The summed E-state index contributed by atoms with van der Waals surface area (Å²) in [4.78, 5) is 13.8. The smallest absolute Gasteiger partial charge is 0.165 e. The van der Waals surface area contributed by atoms with Gasteiger partial charge in [0, 0.05) is 13.6 Å². The van der Waals surface area contributed by atoms with E-state index in [4.69, 9.17) is 4.74 Å². The summed E-state index contributed by atoms with van der Waals surface area (Å²) in [5, 5.41) is 0.